The molecule has 114 valence electrons. The number of hydrogen-bond acceptors (Lipinski definition) is 3. The van der Waals surface area contributed by atoms with Gasteiger partial charge >= 0.3 is 0 Å². The van der Waals surface area contributed by atoms with Gasteiger partial charge in [0.05, 0.1) is 7.11 Å². The lowest BCUT2D eigenvalue weighted by atomic mass is 10.1. The van der Waals surface area contributed by atoms with E-state index in [1.54, 1.807) is 13.2 Å². The molecular weight excluding hydrogens is 264 g/mol. The Labute approximate surface area is 126 Å². The number of ether oxygens (including phenoxy) is 1. The molecule has 1 unspecified atom stereocenters. The van der Waals surface area contributed by atoms with Crippen LogP contribution in [0.4, 0.5) is 0 Å². The monoisotopic (exact) mass is 288 g/mol. The summed E-state index contributed by atoms with van der Waals surface area (Å²) in [6, 6.07) is 8.17. The van der Waals surface area contributed by atoms with Crippen LogP contribution < -0.4 is 10.1 Å². The van der Waals surface area contributed by atoms with Gasteiger partial charge in [0.1, 0.15) is 5.75 Å². The Morgan fingerprint density at radius 3 is 2.81 bits per heavy atom. The van der Waals surface area contributed by atoms with E-state index < -0.39 is 0 Å². The highest BCUT2D eigenvalue weighted by atomic mass is 16.5. The van der Waals surface area contributed by atoms with Gasteiger partial charge < -0.3 is 15.0 Å². The highest BCUT2D eigenvalue weighted by molar-refractivity contribution is 5.77. The van der Waals surface area contributed by atoms with Crippen molar-refractivity contribution in [3.63, 3.8) is 0 Å². The Bertz CT molecular complexity index is 464. The van der Waals surface area contributed by atoms with Crippen molar-refractivity contribution in [3.05, 3.63) is 42.5 Å². The van der Waals surface area contributed by atoms with Crippen molar-refractivity contribution in [1.82, 2.24) is 10.2 Å². The quantitative estimate of drug-likeness (QED) is 0.783. The summed E-state index contributed by atoms with van der Waals surface area (Å²) < 4.78 is 5.15. The molecule has 0 radical (unpaired) electrons. The molecule has 1 atom stereocenters. The Hall–Kier alpha value is -1.81. The number of nitrogens with one attached hydrogen (secondary N) is 1. The molecule has 1 aliphatic rings. The predicted octanol–water partition coefficient (Wildman–Crippen LogP) is 2.35. The maximum Gasteiger partial charge on any atom is 0.224 e. The molecule has 4 nitrogen and oxygen atoms in total. The average molecular weight is 288 g/mol. The molecule has 1 amide bonds. The Morgan fingerprint density at radius 2 is 2.24 bits per heavy atom. The lowest BCUT2D eigenvalue weighted by Gasteiger charge is -2.23. The van der Waals surface area contributed by atoms with E-state index in [9.17, 15) is 4.79 Å². The largest absolute Gasteiger partial charge is 0.497 e. The molecule has 1 heterocycles. The molecule has 0 aromatic heterocycles. The Balaban J connectivity index is 1.96. The van der Waals surface area contributed by atoms with Crippen molar-refractivity contribution in [1.29, 1.82) is 0 Å². The van der Waals surface area contributed by atoms with Crippen LogP contribution in [-0.2, 0) is 11.3 Å². The first-order chi connectivity index (χ1) is 10.2. The van der Waals surface area contributed by atoms with Crippen molar-refractivity contribution >= 4 is 5.91 Å². The number of benzene rings is 1. The molecule has 1 saturated heterocycles. The summed E-state index contributed by atoms with van der Waals surface area (Å²) in [5.41, 5.74) is 1.10. The average Bonchev–Trinajstić information content (AvgIpc) is 3.00. The second kappa shape index (κ2) is 7.84. The maximum absolute atomic E-state index is 12.4. The van der Waals surface area contributed by atoms with Gasteiger partial charge in [-0.2, -0.15) is 0 Å². The molecule has 0 spiro atoms. The summed E-state index contributed by atoms with van der Waals surface area (Å²) in [7, 11) is 1.65. The highest BCUT2D eigenvalue weighted by Gasteiger charge is 2.21. The Kier molecular flexibility index (Phi) is 5.81. The number of carbonyl (C=O) groups excluding carboxylic acids is 1. The van der Waals surface area contributed by atoms with Gasteiger partial charge in [0.25, 0.3) is 0 Å². The third-order valence-corrected chi connectivity index (χ3v) is 3.82. The number of rotatable bonds is 7. The number of amides is 1. The van der Waals surface area contributed by atoms with Crippen LogP contribution in [0.3, 0.4) is 0 Å². The van der Waals surface area contributed by atoms with Gasteiger partial charge in [-0.05, 0) is 37.1 Å². The summed E-state index contributed by atoms with van der Waals surface area (Å²) in [6.07, 6.45) is 4.61. The first-order valence-corrected chi connectivity index (χ1v) is 7.48. The molecule has 0 saturated carbocycles. The van der Waals surface area contributed by atoms with Crippen LogP contribution >= 0.6 is 0 Å². The lowest BCUT2D eigenvalue weighted by Crippen LogP contribution is -2.35. The molecule has 1 aromatic carbocycles. The lowest BCUT2D eigenvalue weighted by molar-refractivity contribution is -0.131. The van der Waals surface area contributed by atoms with Crippen LogP contribution in [0.2, 0.25) is 0 Å². The van der Waals surface area contributed by atoms with E-state index in [1.165, 1.54) is 0 Å². The van der Waals surface area contributed by atoms with Crippen LogP contribution in [0.15, 0.2) is 36.9 Å². The fourth-order valence-corrected chi connectivity index (χ4v) is 2.63. The van der Waals surface area contributed by atoms with E-state index in [2.05, 4.69) is 11.9 Å². The van der Waals surface area contributed by atoms with Gasteiger partial charge in [-0.1, -0.05) is 18.2 Å². The molecule has 0 bridgehead atoms. The molecular formula is C17H24N2O2. The van der Waals surface area contributed by atoms with Crippen molar-refractivity contribution < 1.29 is 9.53 Å². The van der Waals surface area contributed by atoms with Crippen LogP contribution in [0.5, 0.6) is 5.75 Å². The van der Waals surface area contributed by atoms with Crippen LogP contribution in [0.25, 0.3) is 0 Å². The zero-order valence-corrected chi connectivity index (χ0v) is 12.7. The summed E-state index contributed by atoms with van der Waals surface area (Å²) in [5.74, 6) is 1.01. The molecule has 2 rings (SSSR count). The molecule has 1 fully saturated rings. The summed E-state index contributed by atoms with van der Waals surface area (Å²) >= 11 is 0. The second-order valence-electron chi connectivity index (χ2n) is 5.41. The van der Waals surface area contributed by atoms with E-state index in [1.807, 2.05) is 29.2 Å². The maximum atomic E-state index is 12.4. The van der Waals surface area contributed by atoms with Crippen molar-refractivity contribution in [2.24, 2.45) is 0 Å². The fraction of sp³-hybridized carbons (Fsp3) is 0.471. The van der Waals surface area contributed by atoms with Gasteiger partial charge in [0.2, 0.25) is 5.91 Å². The molecule has 1 aromatic rings. The summed E-state index contributed by atoms with van der Waals surface area (Å²) in [4.78, 5) is 14.3. The Morgan fingerprint density at radius 1 is 1.48 bits per heavy atom. The predicted molar refractivity (Wildman–Crippen MR) is 84.2 cm³/mol. The molecule has 1 N–H and O–H groups in total. The van der Waals surface area contributed by atoms with E-state index >= 15 is 0 Å². The number of hydrogen-bond donors (Lipinski definition) is 1. The normalized spacial score (nSPS) is 17.5. The van der Waals surface area contributed by atoms with E-state index in [0.29, 0.717) is 25.6 Å². The minimum absolute atomic E-state index is 0.185. The molecule has 1 aliphatic heterocycles. The van der Waals surface area contributed by atoms with Crippen molar-refractivity contribution in [2.75, 3.05) is 20.2 Å². The van der Waals surface area contributed by atoms with Crippen LogP contribution in [-0.4, -0.2) is 37.0 Å². The van der Waals surface area contributed by atoms with E-state index in [-0.39, 0.29) is 5.91 Å². The van der Waals surface area contributed by atoms with Gasteiger partial charge in [-0.15, -0.1) is 6.58 Å². The third-order valence-electron chi connectivity index (χ3n) is 3.82. The van der Waals surface area contributed by atoms with Gasteiger partial charge in [-0.25, -0.2) is 0 Å². The van der Waals surface area contributed by atoms with Gasteiger partial charge in [0, 0.05) is 25.6 Å². The summed E-state index contributed by atoms with van der Waals surface area (Å²) in [6.45, 7) is 5.97. The summed E-state index contributed by atoms with van der Waals surface area (Å²) in [5, 5.41) is 3.37. The smallest absolute Gasteiger partial charge is 0.224 e. The molecule has 4 heteroatoms. The minimum atomic E-state index is 0.185. The molecule has 21 heavy (non-hydrogen) atoms. The van der Waals surface area contributed by atoms with Crippen LogP contribution in [0.1, 0.15) is 24.8 Å². The topological polar surface area (TPSA) is 41.6 Å². The molecule has 0 aliphatic carbocycles. The van der Waals surface area contributed by atoms with Crippen molar-refractivity contribution in [2.45, 2.75) is 31.8 Å². The number of nitrogens with zero attached hydrogens (tertiary/aromatic N) is 1. The van der Waals surface area contributed by atoms with Crippen LogP contribution in [0, 0.1) is 0 Å². The zero-order valence-electron chi connectivity index (χ0n) is 12.7. The SMILES string of the molecule is C=CCN(Cc1ccc(OC)cc1)C(=O)CC1CCCN1. The van der Waals surface area contributed by atoms with E-state index in [4.69, 9.17) is 4.74 Å². The fourth-order valence-electron chi connectivity index (χ4n) is 2.63. The minimum Gasteiger partial charge on any atom is -0.497 e. The first kappa shape index (κ1) is 15.6. The third kappa shape index (κ3) is 4.60. The second-order valence-corrected chi connectivity index (χ2v) is 5.41. The van der Waals surface area contributed by atoms with Gasteiger partial charge in [0.15, 0.2) is 0 Å². The zero-order chi connectivity index (χ0) is 15.1. The van der Waals surface area contributed by atoms with Gasteiger partial charge in [-0.3, -0.25) is 4.79 Å². The first-order valence-electron chi connectivity index (χ1n) is 7.48. The highest BCUT2D eigenvalue weighted by Crippen LogP contribution is 2.15. The van der Waals surface area contributed by atoms with E-state index in [0.717, 1.165) is 30.7 Å². The number of carbonyl (C=O) groups is 1. The standard InChI is InChI=1S/C17H24N2O2/c1-3-11-19(17(20)12-15-5-4-10-18-15)13-14-6-8-16(21-2)9-7-14/h3,6-9,15,18H,1,4-5,10-13H2,2H3. The van der Waals surface area contributed by atoms with Crippen molar-refractivity contribution in [3.8, 4) is 5.75 Å². The number of methoxy groups -OCH3 is 1.